The molecular formula is C24H27N3O2. The molecule has 5 nitrogen and oxygen atoms in total. The Hall–Kier alpha value is -3.21. The maximum atomic E-state index is 13.3. The predicted octanol–water partition coefficient (Wildman–Crippen LogP) is 5.09. The molecule has 4 rings (SSSR count). The number of para-hydroxylation sites is 1. The topological polar surface area (TPSA) is 46.5 Å². The van der Waals surface area contributed by atoms with E-state index >= 15 is 0 Å². The van der Waals surface area contributed by atoms with Gasteiger partial charge in [-0.25, -0.2) is 4.79 Å². The third kappa shape index (κ3) is 3.86. The second kappa shape index (κ2) is 8.43. The van der Waals surface area contributed by atoms with E-state index in [-0.39, 0.29) is 12.1 Å². The summed E-state index contributed by atoms with van der Waals surface area (Å²) in [4.78, 5) is 15.2. The van der Waals surface area contributed by atoms with Crippen molar-refractivity contribution in [3.63, 3.8) is 0 Å². The van der Waals surface area contributed by atoms with E-state index in [2.05, 4.69) is 47.3 Å². The summed E-state index contributed by atoms with van der Waals surface area (Å²) >= 11 is 0. The monoisotopic (exact) mass is 389 g/mol. The first-order valence-corrected chi connectivity index (χ1v) is 10.2. The van der Waals surface area contributed by atoms with Gasteiger partial charge >= 0.3 is 6.03 Å². The highest BCUT2D eigenvalue weighted by molar-refractivity contribution is 5.90. The van der Waals surface area contributed by atoms with Crippen molar-refractivity contribution in [2.45, 2.75) is 32.9 Å². The molecule has 1 aliphatic heterocycles. The summed E-state index contributed by atoms with van der Waals surface area (Å²) in [5.74, 6) is 0.843. The van der Waals surface area contributed by atoms with Crippen molar-refractivity contribution in [1.29, 1.82) is 0 Å². The molecule has 0 fully saturated rings. The molecular weight excluding hydrogens is 362 g/mol. The van der Waals surface area contributed by atoms with Gasteiger partial charge < -0.3 is 19.5 Å². The van der Waals surface area contributed by atoms with Crippen LogP contribution in [0.15, 0.2) is 66.9 Å². The van der Waals surface area contributed by atoms with Gasteiger partial charge in [-0.3, -0.25) is 0 Å². The first-order valence-electron chi connectivity index (χ1n) is 10.2. The van der Waals surface area contributed by atoms with Crippen LogP contribution in [0.5, 0.6) is 5.75 Å². The van der Waals surface area contributed by atoms with E-state index in [0.29, 0.717) is 13.2 Å². The zero-order chi connectivity index (χ0) is 20.2. The van der Waals surface area contributed by atoms with Crippen molar-refractivity contribution >= 4 is 11.7 Å². The van der Waals surface area contributed by atoms with Crippen molar-refractivity contribution in [3.8, 4) is 5.75 Å². The van der Waals surface area contributed by atoms with E-state index < -0.39 is 0 Å². The van der Waals surface area contributed by atoms with Crippen LogP contribution in [0.25, 0.3) is 0 Å². The molecule has 0 radical (unpaired) electrons. The number of nitrogens with zero attached hydrogens (tertiary/aromatic N) is 2. The number of aromatic nitrogens is 1. The second-order valence-electron chi connectivity index (χ2n) is 7.17. The summed E-state index contributed by atoms with van der Waals surface area (Å²) < 4.78 is 7.81. The van der Waals surface area contributed by atoms with Crippen LogP contribution in [0.1, 0.15) is 36.7 Å². The van der Waals surface area contributed by atoms with E-state index in [1.165, 1.54) is 0 Å². The third-order valence-corrected chi connectivity index (χ3v) is 5.45. The van der Waals surface area contributed by atoms with Gasteiger partial charge in [0.2, 0.25) is 0 Å². The number of aryl methyl sites for hydroxylation is 1. The van der Waals surface area contributed by atoms with Crippen LogP contribution >= 0.6 is 0 Å². The number of carbonyl (C=O) groups is 1. The number of anilines is 1. The number of fused-ring (bicyclic) bond motifs is 1. The number of hydrogen-bond acceptors (Lipinski definition) is 2. The van der Waals surface area contributed by atoms with Crippen LogP contribution in [0, 0.1) is 0 Å². The largest absolute Gasteiger partial charge is 0.494 e. The van der Waals surface area contributed by atoms with Gasteiger partial charge in [0.15, 0.2) is 0 Å². The average molecular weight is 389 g/mol. The van der Waals surface area contributed by atoms with Crippen molar-refractivity contribution < 1.29 is 9.53 Å². The molecule has 1 aliphatic rings. The summed E-state index contributed by atoms with van der Waals surface area (Å²) in [7, 11) is 0. The molecule has 0 saturated carbocycles. The van der Waals surface area contributed by atoms with Gasteiger partial charge in [0.1, 0.15) is 5.75 Å². The van der Waals surface area contributed by atoms with E-state index in [1.807, 2.05) is 48.2 Å². The molecule has 2 heterocycles. The Morgan fingerprint density at radius 1 is 1.03 bits per heavy atom. The number of amides is 2. The quantitative estimate of drug-likeness (QED) is 0.661. The number of ether oxygens (including phenoxy) is 1. The predicted molar refractivity (Wildman–Crippen MR) is 115 cm³/mol. The number of rotatable bonds is 5. The minimum atomic E-state index is -0.136. The Morgan fingerprint density at radius 3 is 2.59 bits per heavy atom. The first kappa shape index (κ1) is 19.1. The molecule has 0 aliphatic carbocycles. The van der Waals surface area contributed by atoms with E-state index in [4.69, 9.17) is 4.74 Å². The zero-order valence-electron chi connectivity index (χ0n) is 17.0. The molecule has 1 N–H and O–H groups in total. The molecule has 0 bridgehead atoms. The Labute approximate surface area is 171 Å². The van der Waals surface area contributed by atoms with Gasteiger partial charge in [-0.2, -0.15) is 0 Å². The number of carbonyl (C=O) groups excluding carboxylic acids is 1. The summed E-state index contributed by atoms with van der Waals surface area (Å²) in [6.07, 6.45) is 2.96. The SMILES string of the molecule is CCOc1ccc(C2c3cccn3CCN2C(=O)Nc2ccccc2CC)cc1. The average Bonchev–Trinajstić information content (AvgIpc) is 3.23. The lowest BCUT2D eigenvalue weighted by Gasteiger charge is -2.37. The standard InChI is InChI=1S/C24H27N3O2/c1-3-18-8-5-6-9-21(18)25-24(28)27-17-16-26-15-7-10-22(26)23(27)19-11-13-20(14-12-19)29-4-2/h5-15,23H,3-4,16-17H2,1-2H3,(H,25,28). The molecule has 2 amide bonds. The highest BCUT2D eigenvalue weighted by atomic mass is 16.5. The van der Waals surface area contributed by atoms with Crippen LogP contribution in [0.3, 0.4) is 0 Å². The third-order valence-electron chi connectivity index (χ3n) is 5.45. The zero-order valence-corrected chi connectivity index (χ0v) is 17.0. The lowest BCUT2D eigenvalue weighted by atomic mass is 10.00. The van der Waals surface area contributed by atoms with Gasteiger partial charge in [0.05, 0.1) is 12.6 Å². The van der Waals surface area contributed by atoms with Crippen LogP contribution in [0.4, 0.5) is 10.5 Å². The Balaban J connectivity index is 1.65. The highest BCUT2D eigenvalue weighted by Gasteiger charge is 2.32. The Bertz CT molecular complexity index is 978. The van der Waals surface area contributed by atoms with E-state index in [1.54, 1.807) is 0 Å². The van der Waals surface area contributed by atoms with Crippen molar-refractivity contribution in [3.05, 3.63) is 83.7 Å². The highest BCUT2D eigenvalue weighted by Crippen LogP contribution is 2.34. The number of nitrogens with one attached hydrogen (secondary N) is 1. The Kier molecular flexibility index (Phi) is 5.56. The second-order valence-corrected chi connectivity index (χ2v) is 7.17. The van der Waals surface area contributed by atoms with E-state index in [0.717, 1.165) is 41.2 Å². The smallest absolute Gasteiger partial charge is 0.322 e. The summed E-state index contributed by atoms with van der Waals surface area (Å²) in [6.45, 7) is 6.15. The number of hydrogen-bond donors (Lipinski definition) is 1. The van der Waals surface area contributed by atoms with Gasteiger partial charge in [-0.1, -0.05) is 37.3 Å². The first-order chi connectivity index (χ1) is 14.2. The van der Waals surface area contributed by atoms with Gasteiger partial charge in [0, 0.05) is 30.7 Å². The minimum Gasteiger partial charge on any atom is -0.494 e. The van der Waals surface area contributed by atoms with Gasteiger partial charge in [-0.15, -0.1) is 0 Å². The molecule has 1 aromatic heterocycles. The fourth-order valence-electron chi connectivity index (χ4n) is 4.00. The maximum absolute atomic E-state index is 13.3. The van der Waals surface area contributed by atoms with E-state index in [9.17, 15) is 4.79 Å². The molecule has 1 unspecified atom stereocenters. The molecule has 0 spiro atoms. The normalized spacial score (nSPS) is 15.7. The lowest BCUT2D eigenvalue weighted by molar-refractivity contribution is 0.182. The molecule has 3 aromatic rings. The fraction of sp³-hybridized carbons (Fsp3) is 0.292. The summed E-state index contributed by atoms with van der Waals surface area (Å²) in [6, 6.07) is 20.0. The van der Waals surface area contributed by atoms with Gasteiger partial charge in [-0.05, 0) is 54.8 Å². The molecule has 5 heteroatoms. The van der Waals surface area contributed by atoms with Crippen molar-refractivity contribution in [2.24, 2.45) is 0 Å². The van der Waals surface area contributed by atoms with Crippen LogP contribution in [0.2, 0.25) is 0 Å². The Morgan fingerprint density at radius 2 is 1.83 bits per heavy atom. The fourth-order valence-corrected chi connectivity index (χ4v) is 4.00. The molecule has 0 saturated heterocycles. The summed E-state index contributed by atoms with van der Waals surface area (Å²) in [5, 5.41) is 3.14. The van der Waals surface area contributed by atoms with Crippen LogP contribution in [-0.4, -0.2) is 28.6 Å². The molecule has 2 aromatic carbocycles. The van der Waals surface area contributed by atoms with Crippen LogP contribution in [-0.2, 0) is 13.0 Å². The van der Waals surface area contributed by atoms with Crippen molar-refractivity contribution in [1.82, 2.24) is 9.47 Å². The minimum absolute atomic E-state index is 0.0720. The molecule has 29 heavy (non-hydrogen) atoms. The molecule has 150 valence electrons. The van der Waals surface area contributed by atoms with Crippen molar-refractivity contribution in [2.75, 3.05) is 18.5 Å². The van der Waals surface area contributed by atoms with Gasteiger partial charge in [0.25, 0.3) is 0 Å². The number of urea groups is 1. The van der Waals surface area contributed by atoms with Crippen LogP contribution < -0.4 is 10.1 Å². The lowest BCUT2D eigenvalue weighted by Crippen LogP contribution is -2.44. The maximum Gasteiger partial charge on any atom is 0.322 e. The molecule has 1 atom stereocenters. The summed E-state index contributed by atoms with van der Waals surface area (Å²) in [5.41, 5.74) is 4.22. The number of benzene rings is 2.